The first-order valence-corrected chi connectivity index (χ1v) is 8.66. The van der Waals surface area contributed by atoms with Gasteiger partial charge in [0.1, 0.15) is 5.76 Å². The molecule has 0 aromatic heterocycles. The molecule has 0 aliphatic carbocycles. The van der Waals surface area contributed by atoms with E-state index in [1.807, 2.05) is 18.3 Å². The molecule has 2 heterocycles. The summed E-state index contributed by atoms with van der Waals surface area (Å²) in [5.74, 6) is 1.50. The van der Waals surface area contributed by atoms with Crippen molar-refractivity contribution in [3.05, 3.63) is 65.6 Å². The van der Waals surface area contributed by atoms with Crippen LogP contribution in [0.2, 0.25) is 0 Å². The first kappa shape index (κ1) is 18.1. The number of benzene rings is 1. The molecular formula is C21H25NO4. The zero-order valence-corrected chi connectivity index (χ0v) is 15.4. The number of methoxy groups -OCH3 is 2. The predicted octanol–water partition coefficient (Wildman–Crippen LogP) is 3.83. The number of aliphatic hydroxyl groups excluding tert-OH is 1. The Morgan fingerprint density at radius 2 is 2.04 bits per heavy atom. The molecule has 138 valence electrons. The molecule has 1 aromatic rings. The summed E-state index contributed by atoms with van der Waals surface area (Å²) in [5.41, 5.74) is 4.77. The molecule has 0 amide bonds. The Hall–Kier alpha value is -2.66. The van der Waals surface area contributed by atoms with Crippen molar-refractivity contribution in [3.63, 3.8) is 0 Å². The van der Waals surface area contributed by atoms with E-state index in [2.05, 4.69) is 24.1 Å². The Labute approximate surface area is 154 Å². The number of hydrogen-bond acceptors (Lipinski definition) is 5. The van der Waals surface area contributed by atoms with E-state index in [4.69, 9.17) is 14.2 Å². The molecule has 0 radical (unpaired) electrons. The van der Waals surface area contributed by atoms with E-state index in [0.29, 0.717) is 24.5 Å². The van der Waals surface area contributed by atoms with Crippen LogP contribution >= 0.6 is 0 Å². The summed E-state index contributed by atoms with van der Waals surface area (Å²) < 4.78 is 16.5. The van der Waals surface area contributed by atoms with Crippen molar-refractivity contribution in [3.8, 4) is 11.5 Å². The van der Waals surface area contributed by atoms with Crippen molar-refractivity contribution in [2.24, 2.45) is 0 Å². The molecule has 26 heavy (non-hydrogen) atoms. The van der Waals surface area contributed by atoms with Crippen LogP contribution in [0.3, 0.4) is 0 Å². The highest BCUT2D eigenvalue weighted by Crippen LogP contribution is 2.41. The fourth-order valence-electron chi connectivity index (χ4n) is 3.26. The van der Waals surface area contributed by atoms with Gasteiger partial charge < -0.3 is 24.2 Å². The molecule has 5 heteroatoms. The van der Waals surface area contributed by atoms with Gasteiger partial charge in [0.05, 0.1) is 13.7 Å². The molecule has 0 bridgehead atoms. The van der Waals surface area contributed by atoms with E-state index in [9.17, 15) is 5.11 Å². The van der Waals surface area contributed by atoms with Crippen LogP contribution in [0.4, 0.5) is 0 Å². The lowest BCUT2D eigenvalue weighted by Crippen LogP contribution is -2.27. The van der Waals surface area contributed by atoms with Crippen molar-refractivity contribution in [2.75, 3.05) is 34.0 Å². The topological polar surface area (TPSA) is 51.2 Å². The van der Waals surface area contributed by atoms with Crippen molar-refractivity contribution >= 4 is 5.70 Å². The standard InChI is InChI=1S/C21H25NO4/c1-14-10-19-17-12-20(25-4)21(26-9-5-8-24-3)11-16(17)6-7-22(19)13-18(14)15(2)23/h10-13,23H,1-2,5-9H2,3-4H3. The van der Waals surface area contributed by atoms with Crippen LogP contribution < -0.4 is 9.47 Å². The van der Waals surface area contributed by atoms with E-state index in [-0.39, 0.29) is 5.76 Å². The third kappa shape index (κ3) is 3.48. The predicted molar refractivity (Wildman–Crippen MR) is 102 cm³/mol. The van der Waals surface area contributed by atoms with Crippen LogP contribution in [-0.2, 0) is 11.2 Å². The van der Waals surface area contributed by atoms with Gasteiger partial charge in [-0.1, -0.05) is 13.2 Å². The second kappa shape index (κ2) is 7.70. The van der Waals surface area contributed by atoms with Gasteiger partial charge in [0, 0.05) is 49.7 Å². The molecule has 1 aromatic carbocycles. The van der Waals surface area contributed by atoms with Crippen LogP contribution in [0.1, 0.15) is 17.5 Å². The van der Waals surface area contributed by atoms with Crippen LogP contribution in [0.15, 0.2) is 54.5 Å². The van der Waals surface area contributed by atoms with Crippen LogP contribution in [0, 0.1) is 0 Å². The summed E-state index contributed by atoms with van der Waals surface area (Å²) in [6, 6.07) is 4.07. The molecule has 5 nitrogen and oxygen atoms in total. The fourth-order valence-corrected chi connectivity index (χ4v) is 3.26. The first-order valence-electron chi connectivity index (χ1n) is 8.66. The minimum atomic E-state index is 0.0356. The maximum Gasteiger partial charge on any atom is 0.161 e. The van der Waals surface area contributed by atoms with Gasteiger partial charge in [0.2, 0.25) is 0 Å². The van der Waals surface area contributed by atoms with Gasteiger partial charge in [0.15, 0.2) is 11.5 Å². The Morgan fingerprint density at radius 3 is 2.73 bits per heavy atom. The molecule has 0 saturated carbocycles. The number of ether oxygens (including phenoxy) is 3. The van der Waals surface area contributed by atoms with Crippen LogP contribution in [0.5, 0.6) is 11.5 Å². The third-order valence-electron chi connectivity index (χ3n) is 4.60. The number of rotatable bonds is 7. The van der Waals surface area contributed by atoms with Crippen molar-refractivity contribution in [1.29, 1.82) is 0 Å². The maximum atomic E-state index is 9.75. The second-order valence-electron chi connectivity index (χ2n) is 6.34. The van der Waals surface area contributed by atoms with E-state index < -0.39 is 0 Å². The van der Waals surface area contributed by atoms with Gasteiger partial charge in [-0.3, -0.25) is 0 Å². The van der Waals surface area contributed by atoms with E-state index in [1.165, 1.54) is 5.56 Å². The maximum absolute atomic E-state index is 9.75. The molecule has 0 unspecified atom stereocenters. The smallest absolute Gasteiger partial charge is 0.161 e. The summed E-state index contributed by atoms with van der Waals surface area (Å²) in [6.07, 6.45) is 5.59. The molecule has 0 spiro atoms. The third-order valence-corrected chi connectivity index (χ3v) is 4.60. The van der Waals surface area contributed by atoms with E-state index in [0.717, 1.165) is 42.0 Å². The van der Waals surface area contributed by atoms with Crippen molar-refractivity contribution in [2.45, 2.75) is 12.8 Å². The Balaban J connectivity index is 1.90. The summed E-state index contributed by atoms with van der Waals surface area (Å²) in [6.45, 7) is 9.72. The van der Waals surface area contributed by atoms with Crippen LogP contribution in [0.25, 0.3) is 5.70 Å². The minimum Gasteiger partial charge on any atom is -0.508 e. The highest BCUT2D eigenvalue weighted by molar-refractivity contribution is 5.77. The molecule has 2 aliphatic heterocycles. The average Bonchev–Trinajstić information content (AvgIpc) is 2.63. The molecule has 0 fully saturated rings. The van der Waals surface area contributed by atoms with Gasteiger partial charge in [-0.2, -0.15) is 0 Å². The summed E-state index contributed by atoms with van der Waals surface area (Å²) in [5, 5.41) is 9.75. The molecule has 1 N–H and O–H groups in total. The Kier molecular flexibility index (Phi) is 5.38. The minimum absolute atomic E-state index is 0.0356. The largest absolute Gasteiger partial charge is 0.508 e. The van der Waals surface area contributed by atoms with E-state index >= 15 is 0 Å². The van der Waals surface area contributed by atoms with Gasteiger partial charge in [-0.05, 0) is 35.8 Å². The monoisotopic (exact) mass is 355 g/mol. The van der Waals surface area contributed by atoms with Crippen molar-refractivity contribution in [1.82, 2.24) is 4.90 Å². The normalized spacial score (nSPS) is 15.6. The lowest BCUT2D eigenvalue weighted by molar-refractivity contribution is 0.170. The highest BCUT2D eigenvalue weighted by Gasteiger charge is 2.26. The summed E-state index contributed by atoms with van der Waals surface area (Å²) in [4.78, 5) is 2.12. The average molecular weight is 355 g/mol. The number of nitrogens with zero attached hydrogens (tertiary/aromatic N) is 1. The highest BCUT2D eigenvalue weighted by atomic mass is 16.5. The SMILES string of the molecule is C=C(O)C1=CN2CCc3cc(OCCCOC)c(OC)cc3C2=CC1=C. The van der Waals surface area contributed by atoms with Gasteiger partial charge >= 0.3 is 0 Å². The van der Waals surface area contributed by atoms with Gasteiger partial charge in [-0.15, -0.1) is 0 Å². The first-order chi connectivity index (χ1) is 12.5. The Morgan fingerprint density at radius 1 is 1.23 bits per heavy atom. The van der Waals surface area contributed by atoms with Gasteiger partial charge in [-0.25, -0.2) is 0 Å². The molecule has 0 saturated heterocycles. The second-order valence-corrected chi connectivity index (χ2v) is 6.34. The zero-order valence-electron chi connectivity index (χ0n) is 15.4. The molecule has 3 rings (SSSR count). The lowest BCUT2D eigenvalue weighted by atomic mass is 9.91. The van der Waals surface area contributed by atoms with Crippen LogP contribution in [-0.4, -0.2) is 44.0 Å². The summed E-state index contributed by atoms with van der Waals surface area (Å²) in [7, 11) is 3.33. The molecule has 0 atom stereocenters. The van der Waals surface area contributed by atoms with Crippen molar-refractivity contribution < 1.29 is 19.3 Å². The lowest BCUT2D eigenvalue weighted by Gasteiger charge is -2.35. The zero-order chi connectivity index (χ0) is 18.7. The molecular weight excluding hydrogens is 330 g/mol. The number of fused-ring (bicyclic) bond motifs is 3. The Bertz CT molecular complexity index is 791. The molecule has 2 aliphatic rings. The summed E-state index contributed by atoms with van der Waals surface area (Å²) >= 11 is 0. The van der Waals surface area contributed by atoms with Gasteiger partial charge in [0.25, 0.3) is 0 Å². The fraction of sp³-hybridized carbons (Fsp3) is 0.333. The number of aliphatic hydroxyl groups is 1. The number of hydrogen-bond donors (Lipinski definition) is 1. The number of allylic oxidation sites excluding steroid dienone is 2. The quantitative estimate of drug-likeness (QED) is 0.595. The van der Waals surface area contributed by atoms with E-state index in [1.54, 1.807) is 14.2 Å².